The number of rotatable bonds is 4. The molecule has 2 aliphatic rings. The summed E-state index contributed by atoms with van der Waals surface area (Å²) in [5.41, 5.74) is 1.35. The smallest absolute Gasteiger partial charge is 0.343 e. The van der Waals surface area contributed by atoms with E-state index in [0.717, 1.165) is 47.4 Å². The van der Waals surface area contributed by atoms with Gasteiger partial charge in [-0.3, -0.25) is 4.79 Å². The molecule has 5 nitrogen and oxygen atoms in total. The lowest BCUT2D eigenvalue weighted by atomic mass is 9.95. The van der Waals surface area contributed by atoms with Crippen LogP contribution in [0.5, 0.6) is 0 Å². The molecule has 156 valence electrons. The number of halogens is 1. The Morgan fingerprint density at radius 3 is 2.80 bits per heavy atom. The van der Waals surface area contributed by atoms with E-state index in [1.54, 1.807) is 18.3 Å². The summed E-state index contributed by atoms with van der Waals surface area (Å²) < 4.78 is 22.1. The van der Waals surface area contributed by atoms with E-state index >= 15 is 4.39 Å². The number of ether oxygens (including phenoxy) is 1. The van der Waals surface area contributed by atoms with Gasteiger partial charge in [-0.15, -0.1) is 11.3 Å². The van der Waals surface area contributed by atoms with Crippen molar-refractivity contribution in [3.63, 3.8) is 0 Å². The second kappa shape index (κ2) is 7.32. The van der Waals surface area contributed by atoms with E-state index in [-0.39, 0.29) is 23.6 Å². The average Bonchev–Trinajstić information content (AvgIpc) is 3.45. The highest BCUT2D eigenvalue weighted by molar-refractivity contribution is 7.15. The van der Waals surface area contributed by atoms with Gasteiger partial charge < -0.3 is 14.4 Å². The molecule has 0 spiro atoms. The molecule has 0 saturated heterocycles. The first-order valence-electron chi connectivity index (χ1n) is 10.3. The number of thiophene rings is 1. The maximum atomic E-state index is 15.2. The van der Waals surface area contributed by atoms with Gasteiger partial charge in [-0.1, -0.05) is 0 Å². The minimum absolute atomic E-state index is 0.0717. The number of carbonyl (C=O) groups is 1. The summed E-state index contributed by atoms with van der Waals surface area (Å²) >= 11 is 1.57. The van der Waals surface area contributed by atoms with Crippen molar-refractivity contribution in [2.45, 2.75) is 51.2 Å². The van der Waals surface area contributed by atoms with Gasteiger partial charge in [-0.05, 0) is 68.4 Å². The summed E-state index contributed by atoms with van der Waals surface area (Å²) in [7, 11) is 0. The monoisotopic (exact) mass is 427 g/mol. The summed E-state index contributed by atoms with van der Waals surface area (Å²) in [5.74, 6) is -1.36. The molecule has 1 fully saturated rings. The maximum Gasteiger partial charge on any atom is 0.343 e. The fourth-order valence-electron chi connectivity index (χ4n) is 4.25. The van der Waals surface area contributed by atoms with Crippen molar-refractivity contribution in [3.8, 4) is 10.4 Å². The number of carbonyl (C=O) groups excluding carboxylic acids is 1. The Balaban J connectivity index is 1.71. The molecule has 1 atom stereocenters. The fraction of sp³-hybridized carbons (Fsp3) is 0.391. The van der Waals surface area contributed by atoms with E-state index in [4.69, 9.17) is 4.74 Å². The third-order valence-electron chi connectivity index (χ3n) is 5.89. The van der Waals surface area contributed by atoms with Gasteiger partial charge in [-0.2, -0.15) is 0 Å². The lowest BCUT2D eigenvalue weighted by Crippen LogP contribution is -2.21. The Hall–Kier alpha value is -2.51. The van der Waals surface area contributed by atoms with E-state index in [9.17, 15) is 14.7 Å². The number of aryl methyl sites for hydroxylation is 1. The largest absolute Gasteiger partial charge is 0.462 e. The van der Waals surface area contributed by atoms with Crippen molar-refractivity contribution >= 4 is 28.2 Å². The Labute approximate surface area is 176 Å². The van der Waals surface area contributed by atoms with Gasteiger partial charge in [0, 0.05) is 22.0 Å². The van der Waals surface area contributed by atoms with Crippen LogP contribution in [-0.4, -0.2) is 22.2 Å². The first-order chi connectivity index (χ1) is 14.5. The van der Waals surface area contributed by atoms with Crippen LogP contribution in [0.25, 0.3) is 21.3 Å². The first-order valence-corrected chi connectivity index (χ1v) is 11.2. The molecular formula is C23H22FNO4S. The van der Waals surface area contributed by atoms with Crippen molar-refractivity contribution in [1.29, 1.82) is 0 Å². The molecule has 0 amide bonds. The number of nitrogens with zero attached hydrogens (tertiary/aromatic N) is 1. The minimum Gasteiger partial charge on any atom is -0.462 e. The number of pyridine rings is 1. The van der Waals surface area contributed by atoms with Crippen LogP contribution in [0.3, 0.4) is 0 Å². The SMILES string of the molecule is CCOC(=O)c1cn(C2CC2)c2cc(-c3cc4c(s3)CCCC4O)cc(F)c2c1=O. The summed E-state index contributed by atoms with van der Waals surface area (Å²) in [6.07, 6.45) is 5.50. The Kier molecular flexibility index (Phi) is 4.75. The van der Waals surface area contributed by atoms with Crippen LogP contribution >= 0.6 is 11.3 Å². The zero-order valence-corrected chi connectivity index (χ0v) is 17.4. The minimum atomic E-state index is -0.720. The normalized spacial score (nSPS) is 18.4. The summed E-state index contributed by atoms with van der Waals surface area (Å²) in [4.78, 5) is 27.2. The molecule has 7 heteroatoms. The number of fused-ring (bicyclic) bond motifs is 2. The quantitative estimate of drug-likeness (QED) is 0.610. The highest BCUT2D eigenvalue weighted by atomic mass is 32.1. The van der Waals surface area contributed by atoms with Gasteiger partial charge in [0.25, 0.3) is 0 Å². The highest BCUT2D eigenvalue weighted by Crippen LogP contribution is 2.42. The summed E-state index contributed by atoms with van der Waals surface area (Å²) in [6.45, 7) is 1.82. The number of hydrogen-bond donors (Lipinski definition) is 1. The molecule has 1 aromatic carbocycles. The molecule has 30 heavy (non-hydrogen) atoms. The molecule has 1 saturated carbocycles. The molecule has 0 bridgehead atoms. The number of aromatic nitrogens is 1. The third-order valence-corrected chi connectivity index (χ3v) is 7.15. The van der Waals surface area contributed by atoms with E-state index < -0.39 is 23.3 Å². The summed E-state index contributed by atoms with van der Waals surface area (Å²) in [5, 5.41) is 10.2. The van der Waals surface area contributed by atoms with Crippen LogP contribution < -0.4 is 5.43 Å². The molecule has 2 aromatic heterocycles. The van der Waals surface area contributed by atoms with Crippen LogP contribution in [0.1, 0.15) is 65.6 Å². The van der Waals surface area contributed by atoms with Crippen LogP contribution in [0, 0.1) is 5.82 Å². The lowest BCUT2D eigenvalue weighted by molar-refractivity contribution is 0.0524. The molecule has 1 unspecified atom stereocenters. The summed E-state index contributed by atoms with van der Waals surface area (Å²) in [6, 6.07) is 5.28. The first kappa shape index (κ1) is 19.5. The molecule has 0 aliphatic heterocycles. The standard InChI is InChI=1S/C23H22FNO4S/c1-2-29-23(28)15-11-25(13-6-7-13)17-9-12(8-16(24)21(17)22(15)27)20-10-14-18(26)4-3-5-19(14)30-20/h8-11,13,18,26H,2-7H2,1H3. The van der Waals surface area contributed by atoms with Gasteiger partial charge in [0.15, 0.2) is 0 Å². The number of hydrogen-bond acceptors (Lipinski definition) is 5. The number of aliphatic hydroxyl groups excluding tert-OH is 1. The molecular weight excluding hydrogens is 405 g/mol. The zero-order valence-electron chi connectivity index (χ0n) is 16.6. The molecule has 2 heterocycles. The molecule has 1 N–H and O–H groups in total. The Morgan fingerprint density at radius 2 is 2.10 bits per heavy atom. The van der Waals surface area contributed by atoms with Crippen LogP contribution in [0.15, 0.2) is 29.2 Å². The van der Waals surface area contributed by atoms with Gasteiger partial charge in [-0.25, -0.2) is 9.18 Å². The van der Waals surface area contributed by atoms with Gasteiger partial charge in [0.2, 0.25) is 5.43 Å². The zero-order chi connectivity index (χ0) is 21.0. The van der Waals surface area contributed by atoms with Gasteiger partial charge in [0.1, 0.15) is 11.4 Å². The van der Waals surface area contributed by atoms with Gasteiger partial charge >= 0.3 is 5.97 Å². The van der Waals surface area contributed by atoms with Crippen LogP contribution in [0.4, 0.5) is 4.39 Å². The number of esters is 1. The maximum absolute atomic E-state index is 15.2. The second-order valence-electron chi connectivity index (χ2n) is 7.98. The predicted octanol–water partition coefficient (Wildman–Crippen LogP) is 4.75. The molecule has 2 aliphatic carbocycles. The van der Waals surface area contributed by atoms with E-state index in [1.807, 2.05) is 16.7 Å². The Morgan fingerprint density at radius 1 is 1.30 bits per heavy atom. The van der Waals surface area contributed by atoms with Crippen molar-refractivity contribution in [1.82, 2.24) is 4.57 Å². The average molecular weight is 427 g/mol. The molecule has 3 aromatic rings. The second-order valence-corrected chi connectivity index (χ2v) is 9.12. The van der Waals surface area contributed by atoms with Crippen molar-refractivity contribution in [3.05, 3.63) is 56.4 Å². The van der Waals surface area contributed by atoms with Gasteiger partial charge in [0.05, 0.1) is 23.6 Å². The molecule has 0 radical (unpaired) electrons. The van der Waals surface area contributed by atoms with Crippen LogP contribution in [0.2, 0.25) is 0 Å². The van der Waals surface area contributed by atoms with E-state index in [0.29, 0.717) is 11.1 Å². The molecule has 5 rings (SSSR count). The van der Waals surface area contributed by atoms with E-state index in [2.05, 4.69) is 0 Å². The number of aliphatic hydroxyl groups is 1. The van der Waals surface area contributed by atoms with Crippen molar-refractivity contribution in [2.24, 2.45) is 0 Å². The van der Waals surface area contributed by atoms with Crippen LogP contribution in [-0.2, 0) is 11.2 Å². The lowest BCUT2D eigenvalue weighted by Gasteiger charge is -2.16. The predicted molar refractivity (Wildman–Crippen MR) is 114 cm³/mol. The highest BCUT2D eigenvalue weighted by Gasteiger charge is 2.29. The number of benzene rings is 1. The fourth-order valence-corrected chi connectivity index (χ4v) is 5.49. The Bertz CT molecular complexity index is 1220. The topological polar surface area (TPSA) is 68.5 Å². The van der Waals surface area contributed by atoms with Crippen molar-refractivity contribution in [2.75, 3.05) is 6.61 Å². The third kappa shape index (κ3) is 3.17. The van der Waals surface area contributed by atoms with E-state index in [1.165, 1.54) is 12.3 Å². The van der Waals surface area contributed by atoms with Crippen molar-refractivity contribution < 1.29 is 19.0 Å².